The van der Waals surface area contributed by atoms with Crippen molar-refractivity contribution in [3.8, 4) is 0 Å². The Morgan fingerprint density at radius 3 is 2.56 bits per heavy atom. The zero-order valence-corrected chi connectivity index (χ0v) is 18.5. The lowest BCUT2D eigenvalue weighted by Gasteiger charge is -2.40. The average Bonchev–Trinajstić information content (AvgIpc) is 3.40. The highest BCUT2D eigenvalue weighted by Gasteiger charge is 2.40. The predicted molar refractivity (Wildman–Crippen MR) is 120 cm³/mol. The molecular weight excluding hydrogens is 408 g/mol. The Balaban J connectivity index is 1.34. The molecule has 0 bridgehead atoms. The molecular formula is C24H32N4O4. The smallest absolute Gasteiger partial charge is 0.407 e. The number of amides is 2. The van der Waals surface area contributed by atoms with E-state index in [0.29, 0.717) is 31.5 Å². The molecule has 2 aromatic rings. The van der Waals surface area contributed by atoms with Gasteiger partial charge >= 0.3 is 6.09 Å². The Labute approximate surface area is 188 Å². The van der Waals surface area contributed by atoms with E-state index < -0.39 is 11.7 Å². The molecule has 2 fully saturated rings. The first-order chi connectivity index (χ1) is 15.3. The summed E-state index contributed by atoms with van der Waals surface area (Å²) in [4.78, 5) is 26.0. The molecule has 2 saturated carbocycles. The quantitative estimate of drug-likeness (QED) is 0.543. The molecule has 8 heteroatoms. The summed E-state index contributed by atoms with van der Waals surface area (Å²) in [7, 11) is 0. The lowest BCUT2D eigenvalue weighted by molar-refractivity contribution is -0.115. The number of carboxylic acid groups (broad SMARTS) is 1. The molecule has 0 aliphatic heterocycles. The number of benzene rings is 1. The summed E-state index contributed by atoms with van der Waals surface area (Å²) in [5.74, 6) is 0.554. The van der Waals surface area contributed by atoms with Gasteiger partial charge in [0.1, 0.15) is 0 Å². The number of nitrogens with zero attached hydrogens (tertiary/aromatic N) is 2. The monoisotopic (exact) mass is 440 g/mol. The van der Waals surface area contributed by atoms with Gasteiger partial charge in [-0.05, 0) is 57.4 Å². The third kappa shape index (κ3) is 5.30. The number of nitrogens with one attached hydrogen (secondary N) is 2. The van der Waals surface area contributed by atoms with Gasteiger partial charge in [0.05, 0.1) is 12.0 Å². The molecule has 2 amide bonds. The summed E-state index contributed by atoms with van der Waals surface area (Å²) >= 11 is 0. The molecule has 4 N–H and O–H groups in total. The third-order valence-electron chi connectivity index (χ3n) is 6.96. The average molecular weight is 441 g/mol. The summed E-state index contributed by atoms with van der Waals surface area (Å²) in [6, 6.07) is 11.3. The maximum atomic E-state index is 12.3. The summed E-state index contributed by atoms with van der Waals surface area (Å²) in [6.45, 7) is 1.83. The number of aliphatic hydroxyl groups is 1. The zero-order valence-electron chi connectivity index (χ0n) is 18.5. The minimum atomic E-state index is -0.874. The fourth-order valence-corrected chi connectivity index (χ4v) is 5.18. The minimum absolute atomic E-state index is 0.0360. The maximum absolute atomic E-state index is 12.3. The molecule has 0 unspecified atom stereocenters. The summed E-state index contributed by atoms with van der Waals surface area (Å²) in [6.07, 6.45) is 4.48. The fraction of sp³-hybridized carbons (Fsp3) is 0.542. The second kappa shape index (κ2) is 9.32. The molecule has 32 heavy (non-hydrogen) atoms. The Morgan fingerprint density at radius 1 is 1.16 bits per heavy atom. The zero-order chi connectivity index (χ0) is 22.7. The number of hydrogen-bond donors (Lipinski definition) is 4. The molecule has 2 aliphatic carbocycles. The lowest BCUT2D eigenvalue weighted by atomic mass is 9.82. The van der Waals surface area contributed by atoms with Crippen LogP contribution in [0.15, 0.2) is 36.4 Å². The third-order valence-corrected chi connectivity index (χ3v) is 6.96. The molecule has 1 aromatic heterocycles. The van der Waals surface area contributed by atoms with Crippen molar-refractivity contribution in [3.63, 3.8) is 0 Å². The van der Waals surface area contributed by atoms with E-state index in [0.717, 1.165) is 30.5 Å². The van der Waals surface area contributed by atoms with Crippen LogP contribution in [0.25, 0.3) is 0 Å². The van der Waals surface area contributed by atoms with Gasteiger partial charge in [0.15, 0.2) is 5.82 Å². The van der Waals surface area contributed by atoms with Gasteiger partial charge in [-0.2, -0.15) is 5.10 Å². The minimum Gasteiger partial charge on any atom is -0.465 e. The van der Waals surface area contributed by atoms with Crippen LogP contribution in [0, 0.1) is 0 Å². The van der Waals surface area contributed by atoms with Crippen LogP contribution in [-0.2, 0) is 11.2 Å². The fourth-order valence-electron chi connectivity index (χ4n) is 5.18. The Bertz CT molecular complexity index is 932. The number of H-pyrrole nitrogens is 1. The van der Waals surface area contributed by atoms with Gasteiger partial charge in [-0.3, -0.25) is 9.89 Å². The van der Waals surface area contributed by atoms with Crippen molar-refractivity contribution in [2.75, 3.05) is 5.32 Å². The highest BCUT2D eigenvalue weighted by Crippen LogP contribution is 2.40. The van der Waals surface area contributed by atoms with Crippen molar-refractivity contribution in [3.05, 3.63) is 47.7 Å². The largest absolute Gasteiger partial charge is 0.465 e. The number of carbonyl (C=O) groups excluding carboxylic acids is 1. The van der Waals surface area contributed by atoms with Gasteiger partial charge in [-0.25, -0.2) is 4.79 Å². The Morgan fingerprint density at radius 2 is 1.88 bits per heavy atom. The van der Waals surface area contributed by atoms with Gasteiger partial charge in [0, 0.05) is 29.8 Å². The SMILES string of the molecule is CC1(O)CCC(N(C(=O)O)[C@H]2CC[C@@H](c3cc(NC(=O)Cc4ccccc4)n[nH]3)C2)CC1. The van der Waals surface area contributed by atoms with Crippen molar-refractivity contribution in [2.24, 2.45) is 0 Å². The van der Waals surface area contributed by atoms with E-state index in [1.165, 1.54) is 0 Å². The summed E-state index contributed by atoms with van der Waals surface area (Å²) in [5, 5.41) is 30.2. The van der Waals surface area contributed by atoms with Crippen molar-refractivity contribution < 1.29 is 19.8 Å². The van der Waals surface area contributed by atoms with Crippen molar-refractivity contribution in [1.82, 2.24) is 15.1 Å². The van der Waals surface area contributed by atoms with E-state index in [-0.39, 0.29) is 30.3 Å². The van der Waals surface area contributed by atoms with Crippen molar-refractivity contribution in [2.45, 2.75) is 81.9 Å². The van der Waals surface area contributed by atoms with Crippen LogP contribution in [0.1, 0.15) is 69.0 Å². The van der Waals surface area contributed by atoms with Crippen LogP contribution < -0.4 is 5.32 Å². The molecule has 172 valence electrons. The highest BCUT2D eigenvalue weighted by molar-refractivity contribution is 5.91. The van der Waals surface area contributed by atoms with Crippen molar-refractivity contribution >= 4 is 17.8 Å². The van der Waals surface area contributed by atoms with E-state index in [1.54, 1.807) is 4.90 Å². The van der Waals surface area contributed by atoms with E-state index in [9.17, 15) is 19.8 Å². The molecule has 0 saturated heterocycles. The second-order valence-electron chi connectivity index (χ2n) is 9.50. The lowest BCUT2D eigenvalue weighted by Crippen LogP contribution is -2.49. The van der Waals surface area contributed by atoms with Gasteiger partial charge in [0.2, 0.25) is 5.91 Å². The van der Waals surface area contributed by atoms with Crippen LogP contribution in [0.3, 0.4) is 0 Å². The van der Waals surface area contributed by atoms with Crippen molar-refractivity contribution in [1.29, 1.82) is 0 Å². The van der Waals surface area contributed by atoms with E-state index in [2.05, 4.69) is 15.5 Å². The van der Waals surface area contributed by atoms with E-state index >= 15 is 0 Å². The molecule has 0 radical (unpaired) electrons. The molecule has 1 aromatic carbocycles. The summed E-state index contributed by atoms with van der Waals surface area (Å²) in [5.41, 5.74) is 1.19. The van der Waals surface area contributed by atoms with Gasteiger partial charge in [0.25, 0.3) is 0 Å². The van der Waals surface area contributed by atoms with Gasteiger partial charge in [-0.15, -0.1) is 0 Å². The van der Waals surface area contributed by atoms with Crippen LogP contribution in [-0.4, -0.2) is 55.0 Å². The summed E-state index contributed by atoms with van der Waals surface area (Å²) < 4.78 is 0. The number of hydrogen-bond acceptors (Lipinski definition) is 4. The predicted octanol–water partition coefficient (Wildman–Crippen LogP) is 3.90. The molecule has 1 heterocycles. The molecule has 2 atom stereocenters. The van der Waals surface area contributed by atoms with E-state index in [4.69, 9.17) is 0 Å². The maximum Gasteiger partial charge on any atom is 0.407 e. The molecule has 8 nitrogen and oxygen atoms in total. The molecule has 4 rings (SSSR count). The number of carbonyl (C=O) groups is 2. The van der Waals surface area contributed by atoms with Crippen LogP contribution in [0.5, 0.6) is 0 Å². The first-order valence-corrected chi connectivity index (χ1v) is 11.4. The first kappa shape index (κ1) is 22.3. The topological polar surface area (TPSA) is 119 Å². The van der Waals surface area contributed by atoms with Crippen LogP contribution >= 0.6 is 0 Å². The molecule has 2 aliphatic rings. The number of aromatic amines is 1. The highest BCUT2D eigenvalue weighted by atomic mass is 16.4. The molecule has 0 spiro atoms. The number of aromatic nitrogens is 2. The standard InChI is InChI=1S/C24H32N4O4/c1-24(32)11-9-18(10-12-24)28(23(30)31)19-8-7-17(14-19)20-15-21(27-26-20)25-22(29)13-16-5-3-2-4-6-16/h2-6,15,17-19,32H,7-14H2,1H3,(H,30,31)(H2,25,26,27,29)/t17-,18?,19+,24?/m1/s1. The first-order valence-electron chi connectivity index (χ1n) is 11.4. The second-order valence-corrected chi connectivity index (χ2v) is 9.50. The number of anilines is 1. The van der Waals surface area contributed by atoms with Crippen LogP contribution in [0.4, 0.5) is 10.6 Å². The Hall–Kier alpha value is -2.87. The Kier molecular flexibility index (Phi) is 6.50. The van der Waals surface area contributed by atoms with Crippen LogP contribution in [0.2, 0.25) is 0 Å². The van der Waals surface area contributed by atoms with Gasteiger partial charge < -0.3 is 20.4 Å². The van der Waals surface area contributed by atoms with Gasteiger partial charge in [-0.1, -0.05) is 30.3 Å². The normalized spacial score (nSPS) is 27.8. The van der Waals surface area contributed by atoms with E-state index in [1.807, 2.05) is 43.3 Å². The number of rotatable bonds is 6.